The van der Waals surface area contributed by atoms with E-state index in [1.165, 1.54) is 6.07 Å². The molecule has 0 unspecified atom stereocenters. The van der Waals surface area contributed by atoms with Gasteiger partial charge in [-0.15, -0.1) is 11.3 Å². The Balaban J connectivity index is 2.04. The van der Waals surface area contributed by atoms with Gasteiger partial charge in [-0.05, 0) is 31.2 Å². The zero-order valence-electron chi connectivity index (χ0n) is 11.8. The first-order valence-corrected chi connectivity index (χ1v) is 8.23. The molecule has 0 bridgehead atoms. The Morgan fingerprint density at radius 2 is 1.87 bits per heavy atom. The molecule has 0 amide bonds. The molecule has 0 saturated carbocycles. The number of hydrogen-bond donors (Lipinski definition) is 0. The molecule has 3 aromatic rings. The van der Waals surface area contributed by atoms with Crippen molar-refractivity contribution in [3.63, 3.8) is 0 Å². The molecule has 1 aromatic carbocycles. The third-order valence-corrected chi connectivity index (χ3v) is 5.29. The van der Waals surface area contributed by atoms with Crippen LogP contribution in [0.4, 0.5) is 13.2 Å². The van der Waals surface area contributed by atoms with Crippen molar-refractivity contribution in [3.8, 4) is 0 Å². The number of pyridine rings is 1. The molecule has 0 N–H and O–H groups in total. The summed E-state index contributed by atoms with van der Waals surface area (Å²) in [5, 5.41) is 1.40. The monoisotopic (exact) mass is 375 g/mol. The third kappa shape index (κ3) is 3.32. The minimum absolute atomic E-state index is 0.216. The number of rotatable bonds is 2. The number of halogens is 5. The van der Waals surface area contributed by atoms with Crippen molar-refractivity contribution in [1.29, 1.82) is 0 Å². The van der Waals surface area contributed by atoms with Crippen molar-refractivity contribution < 1.29 is 13.2 Å². The van der Waals surface area contributed by atoms with Crippen LogP contribution in [0.2, 0.25) is 10.2 Å². The zero-order valence-corrected chi connectivity index (χ0v) is 14.2. The summed E-state index contributed by atoms with van der Waals surface area (Å²) in [4.78, 5) is 4.19. The van der Waals surface area contributed by atoms with Gasteiger partial charge in [-0.2, -0.15) is 13.2 Å². The van der Waals surface area contributed by atoms with Gasteiger partial charge in [-0.25, -0.2) is 4.98 Å². The van der Waals surface area contributed by atoms with Crippen LogP contribution in [0.25, 0.3) is 10.9 Å². The maximum absolute atomic E-state index is 12.7. The predicted octanol–water partition coefficient (Wildman–Crippen LogP) is 6.52. The normalized spacial score (nSPS) is 12.1. The van der Waals surface area contributed by atoms with Crippen LogP contribution in [-0.2, 0) is 12.6 Å². The number of aromatic nitrogens is 1. The summed E-state index contributed by atoms with van der Waals surface area (Å²) >= 11 is 13.3. The Labute approximate surface area is 144 Å². The van der Waals surface area contributed by atoms with Gasteiger partial charge < -0.3 is 0 Å². The molecule has 0 spiro atoms. The minimum atomic E-state index is -4.34. The first-order chi connectivity index (χ1) is 10.8. The molecule has 0 saturated heterocycles. The van der Waals surface area contributed by atoms with Gasteiger partial charge in [-0.1, -0.05) is 34.8 Å². The number of hydrogen-bond acceptors (Lipinski definition) is 2. The average molecular weight is 376 g/mol. The molecule has 2 aromatic heterocycles. The largest absolute Gasteiger partial charge is 0.425 e. The first-order valence-electron chi connectivity index (χ1n) is 6.66. The average Bonchev–Trinajstić information content (AvgIpc) is 2.93. The van der Waals surface area contributed by atoms with Crippen molar-refractivity contribution >= 4 is 45.4 Å². The summed E-state index contributed by atoms with van der Waals surface area (Å²) in [5.41, 5.74) is 2.23. The van der Waals surface area contributed by atoms with Crippen LogP contribution in [0.3, 0.4) is 0 Å². The Morgan fingerprint density at radius 1 is 1.13 bits per heavy atom. The first kappa shape index (κ1) is 16.6. The van der Waals surface area contributed by atoms with Crippen molar-refractivity contribution in [2.75, 3.05) is 0 Å². The maximum Gasteiger partial charge on any atom is 0.425 e. The quantitative estimate of drug-likeness (QED) is 0.464. The molecule has 0 fully saturated rings. The molecule has 120 valence electrons. The number of aryl methyl sites for hydroxylation is 1. The summed E-state index contributed by atoms with van der Waals surface area (Å²) in [6.45, 7) is 1.93. The summed E-state index contributed by atoms with van der Waals surface area (Å²) in [5.74, 6) is 0. The van der Waals surface area contributed by atoms with Gasteiger partial charge in [0.15, 0.2) is 0 Å². The van der Waals surface area contributed by atoms with Gasteiger partial charge in [0.05, 0.1) is 10.5 Å². The topological polar surface area (TPSA) is 12.9 Å². The van der Waals surface area contributed by atoms with E-state index in [9.17, 15) is 13.2 Å². The highest BCUT2D eigenvalue weighted by Gasteiger charge is 2.32. The van der Waals surface area contributed by atoms with E-state index in [4.69, 9.17) is 23.2 Å². The number of thiophene rings is 1. The molecule has 2 heterocycles. The number of fused-ring (bicyclic) bond motifs is 1. The van der Waals surface area contributed by atoms with Crippen LogP contribution in [0.1, 0.15) is 20.9 Å². The molecule has 23 heavy (non-hydrogen) atoms. The molecule has 0 aliphatic heterocycles. The lowest BCUT2D eigenvalue weighted by molar-refractivity contribution is -0.134. The SMILES string of the molecule is Cc1ccc2nc(Cl)c(Cc3ccc(C(F)(F)F)s3)c(Cl)c2c1. The van der Waals surface area contributed by atoms with Crippen LogP contribution >= 0.6 is 34.5 Å². The van der Waals surface area contributed by atoms with E-state index < -0.39 is 11.1 Å². The Hall–Kier alpha value is -1.30. The number of nitrogens with zero attached hydrogens (tertiary/aromatic N) is 1. The molecule has 0 aliphatic carbocycles. The van der Waals surface area contributed by atoms with Crippen molar-refractivity contribution in [1.82, 2.24) is 4.98 Å². The standard InChI is InChI=1S/C16H10Cl2F3NS/c1-8-2-4-12-10(6-8)14(17)11(15(18)22-12)7-9-3-5-13(23-9)16(19,20)21/h2-6H,7H2,1H3. The van der Waals surface area contributed by atoms with Crippen LogP contribution in [0, 0.1) is 6.92 Å². The van der Waals surface area contributed by atoms with Gasteiger partial charge in [-0.3, -0.25) is 0 Å². The van der Waals surface area contributed by atoms with Gasteiger partial charge in [0.1, 0.15) is 10.0 Å². The van der Waals surface area contributed by atoms with E-state index in [-0.39, 0.29) is 11.6 Å². The number of benzene rings is 1. The lowest BCUT2D eigenvalue weighted by Crippen LogP contribution is -2.00. The van der Waals surface area contributed by atoms with E-state index in [0.717, 1.165) is 17.0 Å². The van der Waals surface area contributed by atoms with E-state index in [0.29, 0.717) is 32.3 Å². The summed E-state index contributed by atoms with van der Waals surface area (Å²) in [6.07, 6.45) is -4.12. The van der Waals surface area contributed by atoms with Gasteiger partial charge in [0.2, 0.25) is 0 Å². The second-order valence-corrected chi connectivity index (χ2v) is 7.06. The van der Waals surface area contributed by atoms with E-state index in [2.05, 4.69) is 4.98 Å². The summed E-state index contributed by atoms with van der Waals surface area (Å²) < 4.78 is 38.1. The van der Waals surface area contributed by atoms with Crippen LogP contribution in [-0.4, -0.2) is 4.98 Å². The lowest BCUT2D eigenvalue weighted by atomic mass is 10.1. The van der Waals surface area contributed by atoms with Crippen LogP contribution in [0.5, 0.6) is 0 Å². The van der Waals surface area contributed by atoms with Crippen LogP contribution in [0.15, 0.2) is 30.3 Å². The fourth-order valence-corrected chi connectivity index (χ4v) is 3.79. The van der Waals surface area contributed by atoms with E-state index in [1.807, 2.05) is 25.1 Å². The van der Waals surface area contributed by atoms with Crippen molar-refractivity contribution in [3.05, 3.63) is 61.4 Å². The Morgan fingerprint density at radius 3 is 2.52 bits per heavy atom. The summed E-state index contributed by atoms with van der Waals surface area (Å²) in [6, 6.07) is 8.12. The van der Waals surface area contributed by atoms with Gasteiger partial charge >= 0.3 is 6.18 Å². The second-order valence-electron chi connectivity index (χ2n) is 5.16. The fourth-order valence-electron chi connectivity index (χ4n) is 2.30. The molecule has 1 nitrogen and oxygen atoms in total. The zero-order chi connectivity index (χ0) is 16.8. The second kappa shape index (κ2) is 5.96. The van der Waals surface area contributed by atoms with Crippen LogP contribution < -0.4 is 0 Å². The molecular formula is C16H10Cl2F3NS. The molecule has 0 aliphatic rings. The van der Waals surface area contributed by atoms with Gasteiger partial charge in [0.25, 0.3) is 0 Å². The molecule has 0 atom stereocenters. The fraction of sp³-hybridized carbons (Fsp3) is 0.188. The molecule has 7 heteroatoms. The van der Waals surface area contributed by atoms with Crippen molar-refractivity contribution in [2.45, 2.75) is 19.5 Å². The highest BCUT2D eigenvalue weighted by atomic mass is 35.5. The smallest absolute Gasteiger partial charge is 0.236 e. The highest BCUT2D eigenvalue weighted by molar-refractivity contribution is 7.12. The predicted molar refractivity (Wildman–Crippen MR) is 88.6 cm³/mol. The van der Waals surface area contributed by atoms with Gasteiger partial charge in [0, 0.05) is 22.2 Å². The highest BCUT2D eigenvalue weighted by Crippen LogP contribution is 2.38. The summed E-state index contributed by atoms with van der Waals surface area (Å²) in [7, 11) is 0. The molecule has 3 rings (SSSR count). The van der Waals surface area contributed by atoms with E-state index in [1.54, 1.807) is 0 Å². The molecule has 0 radical (unpaired) electrons. The molecular weight excluding hydrogens is 366 g/mol. The lowest BCUT2D eigenvalue weighted by Gasteiger charge is -2.09. The maximum atomic E-state index is 12.7. The third-order valence-electron chi connectivity index (χ3n) is 3.41. The Kier molecular flexibility index (Phi) is 4.29. The van der Waals surface area contributed by atoms with Crippen molar-refractivity contribution in [2.24, 2.45) is 0 Å². The minimum Gasteiger partial charge on any atom is -0.236 e. The number of alkyl halides is 3. The van der Waals surface area contributed by atoms with E-state index >= 15 is 0 Å². The Bertz CT molecular complexity index is 887.